The number of amides is 2. The summed E-state index contributed by atoms with van der Waals surface area (Å²) in [5.41, 5.74) is 7.58. The van der Waals surface area contributed by atoms with Crippen molar-refractivity contribution in [2.45, 2.75) is 24.5 Å². The van der Waals surface area contributed by atoms with Crippen LogP contribution in [-0.4, -0.2) is 43.2 Å². The highest BCUT2D eigenvalue weighted by Crippen LogP contribution is 2.37. The summed E-state index contributed by atoms with van der Waals surface area (Å²) in [6.45, 7) is 0. The third kappa shape index (κ3) is 5.82. The third-order valence-electron chi connectivity index (χ3n) is 6.08. The first kappa shape index (κ1) is 26.8. The molecule has 2 heterocycles. The van der Waals surface area contributed by atoms with Gasteiger partial charge >= 0.3 is 5.97 Å². The molecule has 11 heteroatoms. The molecule has 4 bridgehead atoms. The van der Waals surface area contributed by atoms with Crippen molar-refractivity contribution in [3.63, 3.8) is 0 Å². The van der Waals surface area contributed by atoms with Crippen LogP contribution < -0.4 is 25.8 Å². The summed E-state index contributed by atoms with van der Waals surface area (Å²) in [6.07, 6.45) is 0.0436. The van der Waals surface area contributed by atoms with Crippen molar-refractivity contribution in [1.29, 1.82) is 0 Å². The standard InChI is InChI=1S/C27H26ClN3O7/c1-36-17-7-4-15(5-8-17)24-26(34)30-19(27(35)37-2)12-14-3-10-21(18(28)11-14)38-22-13-16(6-9-20(22)32)23(29)25(33)31-24/h3-11,13,19,23-24,32H,12,29H2,1-2H3,(H,30,34)(H,31,33)/t19-,23+,24+/m0/s1. The number of aromatic hydroxyl groups is 1. The number of esters is 1. The Labute approximate surface area is 223 Å². The molecule has 0 unspecified atom stereocenters. The summed E-state index contributed by atoms with van der Waals surface area (Å²) in [6, 6.07) is 12.0. The van der Waals surface area contributed by atoms with Gasteiger partial charge in [0.15, 0.2) is 11.5 Å². The number of benzene rings is 3. The number of phenols is 1. The monoisotopic (exact) mass is 539 g/mol. The number of carbonyl (C=O) groups is 3. The van der Waals surface area contributed by atoms with E-state index < -0.39 is 35.9 Å². The van der Waals surface area contributed by atoms with Crippen LogP contribution in [0.15, 0.2) is 60.7 Å². The number of nitrogens with two attached hydrogens (primary N) is 1. The molecular weight excluding hydrogens is 514 g/mol. The van der Waals surface area contributed by atoms with E-state index in [0.29, 0.717) is 22.4 Å². The average Bonchev–Trinajstić information content (AvgIpc) is 2.92. The number of hydrogen-bond donors (Lipinski definition) is 4. The molecule has 0 fully saturated rings. The van der Waals surface area contributed by atoms with Crippen molar-refractivity contribution in [2.75, 3.05) is 14.2 Å². The number of rotatable bonds is 3. The maximum absolute atomic E-state index is 13.5. The fourth-order valence-corrected chi connectivity index (χ4v) is 4.23. The van der Waals surface area contributed by atoms with E-state index in [2.05, 4.69) is 10.6 Å². The lowest BCUT2D eigenvalue weighted by Crippen LogP contribution is -2.49. The Morgan fingerprint density at radius 3 is 2.34 bits per heavy atom. The summed E-state index contributed by atoms with van der Waals surface area (Å²) in [5, 5.41) is 15.9. The summed E-state index contributed by atoms with van der Waals surface area (Å²) in [5.74, 6) is -1.40. The molecule has 2 aliphatic rings. The van der Waals surface area contributed by atoms with E-state index >= 15 is 0 Å². The van der Waals surface area contributed by atoms with Gasteiger partial charge in [-0.15, -0.1) is 0 Å². The summed E-state index contributed by atoms with van der Waals surface area (Å²) >= 11 is 6.42. The van der Waals surface area contributed by atoms with E-state index in [-0.39, 0.29) is 28.7 Å². The zero-order valence-electron chi connectivity index (χ0n) is 20.6. The van der Waals surface area contributed by atoms with E-state index in [4.69, 9.17) is 31.5 Å². The number of phenolic OH excluding ortho intramolecular Hbond substituents is 1. The first-order chi connectivity index (χ1) is 18.2. The smallest absolute Gasteiger partial charge is 0.328 e. The molecule has 3 aromatic rings. The Morgan fingerprint density at radius 1 is 0.974 bits per heavy atom. The lowest BCUT2D eigenvalue weighted by molar-refractivity contribution is -0.145. The second-order valence-corrected chi connectivity index (χ2v) is 8.98. The molecule has 0 spiro atoms. The Morgan fingerprint density at radius 2 is 1.68 bits per heavy atom. The van der Waals surface area contributed by atoms with Gasteiger partial charge in [-0.1, -0.05) is 35.9 Å². The maximum atomic E-state index is 13.5. The van der Waals surface area contributed by atoms with Gasteiger partial charge in [0.2, 0.25) is 11.8 Å². The summed E-state index contributed by atoms with van der Waals surface area (Å²) in [4.78, 5) is 39.3. The summed E-state index contributed by atoms with van der Waals surface area (Å²) < 4.78 is 15.9. The molecule has 3 atom stereocenters. The number of fused-ring (bicyclic) bond motifs is 9. The molecule has 0 aliphatic carbocycles. The van der Waals surface area contributed by atoms with Crippen LogP contribution in [-0.2, 0) is 25.5 Å². The molecule has 198 valence electrons. The first-order valence-corrected chi connectivity index (χ1v) is 11.9. The van der Waals surface area contributed by atoms with Crippen LogP contribution in [0.2, 0.25) is 5.02 Å². The predicted octanol–water partition coefficient (Wildman–Crippen LogP) is 2.92. The quantitative estimate of drug-likeness (QED) is 0.371. The van der Waals surface area contributed by atoms with Gasteiger partial charge in [-0.3, -0.25) is 9.59 Å². The van der Waals surface area contributed by atoms with Gasteiger partial charge in [0.25, 0.3) is 0 Å². The number of carbonyl (C=O) groups excluding carboxylic acids is 3. The maximum Gasteiger partial charge on any atom is 0.328 e. The van der Waals surface area contributed by atoms with E-state index in [1.807, 2.05) is 0 Å². The van der Waals surface area contributed by atoms with Crippen LogP contribution in [0, 0.1) is 0 Å². The van der Waals surface area contributed by atoms with Gasteiger partial charge < -0.3 is 35.7 Å². The SMILES string of the molecule is COC(=O)[C@@H]1Cc2ccc(c(Cl)c2)Oc2cc(ccc2O)[C@@H](N)C(=O)N[C@H](c2ccc(OC)cc2)C(=O)N1. The molecule has 2 aliphatic heterocycles. The Bertz CT molecular complexity index is 1360. The normalized spacial score (nSPS) is 19.6. The molecule has 10 nitrogen and oxygen atoms in total. The molecule has 5 rings (SSSR count). The zero-order chi connectivity index (χ0) is 27.4. The lowest BCUT2D eigenvalue weighted by Gasteiger charge is -2.25. The van der Waals surface area contributed by atoms with Crippen molar-refractivity contribution in [2.24, 2.45) is 5.73 Å². The van der Waals surface area contributed by atoms with E-state index in [0.717, 1.165) is 0 Å². The molecule has 5 N–H and O–H groups in total. The fourth-order valence-electron chi connectivity index (χ4n) is 3.98. The number of nitrogens with one attached hydrogen (secondary N) is 2. The molecule has 3 aromatic carbocycles. The topological polar surface area (TPSA) is 149 Å². The minimum Gasteiger partial charge on any atom is -0.504 e. The highest BCUT2D eigenvalue weighted by atomic mass is 35.5. The molecule has 0 radical (unpaired) electrons. The fraction of sp³-hybridized carbons (Fsp3) is 0.222. The van der Waals surface area contributed by atoms with Crippen molar-refractivity contribution >= 4 is 29.4 Å². The van der Waals surface area contributed by atoms with E-state index in [1.54, 1.807) is 42.5 Å². The van der Waals surface area contributed by atoms with Crippen molar-refractivity contribution < 1.29 is 33.7 Å². The second-order valence-electron chi connectivity index (χ2n) is 8.57. The van der Waals surface area contributed by atoms with Gasteiger partial charge in [0.05, 0.1) is 19.2 Å². The number of ether oxygens (including phenoxy) is 3. The number of hydrogen-bond acceptors (Lipinski definition) is 8. The van der Waals surface area contributed by atoms with Gasteiger partial charge in [-0.25, -0.2) is 4.79 Å². The minimum atomic E-state index is -1.23. The van der Waals surface area contributed by atoms with Crippen LogP contribution >= 0.6 is 11.6 Å². The Hall–Kier alpha value is -4.28. The Kier molecular flexibility index (Phi) is 8.04. The highest BCUT2D eigenvalue weighted by molar-refractivity contribution is 6.32. The number of halogens is 1. The van der Waals surface area contributed by atoms with Crippen LogP contribution in [0.4, 0.5) is 0 Å². The molecule has 0 saturated heterocycles. The molecule has 0 saturated carbocycles. The van der Waals surface area contributed by atoms with Crippen molar-refractivity contribution in [3.8, 4) is 23.0 Å². The second kappa shape index (κ2) is 11.4. The van der Waals surface area contributed by atoms with E-state index in [1.165, 1.54) is 32.4 Å². The molecule has 38 heavy (non-hydrogen) atoms. The third-order valence-corrected chi connectivity index (χ3v) is 6.38. The van der Waals surface area contributed by atoms with Crippen LogP contribution in [0.5, 0.6) is 23.0 Å². The minimum absolute atomic E-state index is 0.0318. The zero-order valence-corrected chi connectivity index (χ0v) is 21.3. The largest absolute Gasteiger partial charge is 0.504 e. The molecular formula is C27H26ClN3O7. The van der Waals surface area contributed by atoms with Gasteiger partial charge in [-0.2, -0.15) is 0 Å². The number of methoxy groups -OCH3 is 2. The average molecular weight is 540 g/mol. The van der Waals surface area contributed by atoms with Gasteiger partial charge in [-0.05, 0) is 53.1 Å². The first-order valence-electron chi connectivity index (χ1n) is 11.6. The molecule has 2 amide bonds. The highest BCUT2D eigenvalue weighted by Gasteiger charge is 2.31. The van der Waals surface area contributed by atoms with Gasteiger partial charge in [0.1, 0.15) is 29.6 Å². The van der Waals surface area contributed by atoms with Crippen molar-refractivity contribution in [1.82, 2.24) is 10.6 Å². The van der Waals surface area contributed by atoms with Gasteiger partial charge in [0, 0.05) is 6.42 Å². The van der Waals surface area contributed by atoms with Crippen LogP contribution in [0.1, 0.15) is 28.8 Å². The predicted molar refractivity (Wildman–Crippen MR) is 138 cm³/mol. The van der Waals surface area contributed by atoms with Crippen molar-refractivity contribution in [3.05, 3.63) is 82.4 Å². The Balaban J connectivity index is 1.80. The van der Waals surface area contributed by atoms with Crippen LogP contribution in [0.25, 0.3) is 0 Å². The van der Waals surface area contributed by atoms with Crippen LogP contribution in [0.3, 0.4) is 0 Å². The van der Waals surface area contributed by atoms with E-state index in [9.17, 15) is 19.5 Å². The summed E-state index contributed by atoms with van der Waals surface area (Å²) in [7, 11) is 2.71. The lowest BCUT2D eigenvalue weighted by atomic mass is 10.0. The molecule has 0 aromatic heterocycles.